The van der Waals surface area contributed by atoms with Crippen LogP contribution in [-0.4, -0.2) is 63.3 Å². The van der Waals surface area contributed by atoms with Gasteiger partial charge >= 0.3 is 0 Å². The molecule has 35 heavy (non-hydrogen) atoms. The molecular weight excluding hydrogens is 441 g/mol. The second-order valence-electron chi connectivity index (χ2n) is 9.81. The summed E-state index contributed by atoms with van der Waals surface area (Å²) in [6.07, 6.45) is 15.7. The van der Waals surface area contributed by atoms with Gasteiger partial charge in [-0.25, -0.2) is 14.1 Å². The van der Waals surface area contributed by atoms with Crippen molar-refractivity contribution in [1.82, 2.24) is 19.7 Å². The standard InChI is InChI=1S/C28H37FN5O/c1-4-5-13-26-30-28(23-14-15-25(29)22(2)20-23)31-33(26)21-27(35)32-16-18-34(3,19-17-32)24-11-9-7-6-8-10-12-24/h6-9,11,14-15,20H,4-5,10,12-13,16-19,21H2,1-3H3/q+1. The summed E-state index contributed by atoms with van der Waals surface area (Å²) in [5.41, 5.74) is 2.76. The average molecular weight is 479 g/mol. The number of aromatic nitrogens is 3. The zero-order valence-corrected chi connectivity index (χ0v) is 21.2. The first-order valence-corrected chi connectivity index (χ1v) is 12.7. The summed E-state index contributed by atoms with van der Waals surface area (Å²) in [7, 11) is 2.28. The number of likely N-dealkylation sites (N-methyl/N-ethyl adjacent to an activating group) is 1. The van der Waals surface area contributed by atoms with E-state index in [9.17, 15) is 9.18 Å². The number of unbranched alkanes of at least 4 members (excludes halogenated alkanes) is 1. The number of amides is 1. The maximum absolute atomic E-state index is 13.7. The summed E-state index contributed by atoms with van der Waals surface area (Å²) in [5, 5.41) is 4.67. The molecule has 2 aliphatic rings. The zero-order valence-electron chi connectivity index (χ0n) is 21.2. The van der Waals surface area contributed by atoms with Crippen LogP contribution in [0.4, 0.5) is 4.39 Å². The van der Waals surface area contributed by atoms with Crippen LogP contribution in [0.2, 0.25) is 0 Å². The summed E-state index contributed by atoms with van der Waals surface area (Å²) in [5.74, 6) is 1.20. The van der Waals surface area contributed by atoms with Crippen molar-refractivity contribution in [2.24, 2.45) is 0 Å². The highest BCUT2D eigenvalue weighted by molar-refractivity contribution is 5.76. The first-order chi connectivity index (χ1) is 16.9. The van der Waals surface area contributed by atoms with Crippen LogP contribution in [0.3, 0.4) is 0 Å². The molecule has 1 aromatic heterocycles. The van der Waals surface area contributed by atoms with Crippen LogP contribution in [0.15, 0.2) is 54.3 Å². The Morgan fingerprint density at radius 2 is 1.97 bits per heavy atom. The molecule has 4 rings (SSSR count). The van der Waals surface area contributed by atoms with Gasteiger partial charge in [0.05, 0.1) is 20.1 Å². The van der Waals surface area contributed by atoms with Crippen molar-refractivity contribution in [1.29, 1.82) is 0 Å². The number of benzene rings is 1. The summed E-state index contributed by atoms with van der Waals surface area (Å²) < 4.78 is 16.4. The second kappa shape index (κ2) is 11.1. The summed E-state index contributed by atoms with van der Waals surface area (Å²) in [4.78, 5) is 20.0. The molecule has 1 aliphatic heterocycles. The van der Waals surface area contributed by atoms with Crippen LogP contribution in [0.5, 0.6) is 0 Å². The molecular formula is C28H37FN5O+. The monoisotopic (exact) mass is 478 g/mol. The Hall–Kier alpha value is -3.06. The highest BCUT2D eigenvalue weighted by atomic mass is 19.1. The van der Waals surface area contributed by atoms with Gasteiger partial charge in [-0.2, -0.15) is 5.10 Å². The molecule has 1 saturated heterocycles. The van der Waals surface area contributed by atoms with Gasteiger partial charge < -0.3 is 4.90 Å². The number of hydrogen-bond donors (Lipinski definition) is 0. The number of hydrogen-bond acceptors (Lipinski definition) is 3. The van der Waals surface area contributed by atoms with E-state index in [2.05, 4.69) is 49.5 Å². The maximum atomic E-state index is 13.7. The largest absolute Gasteiger partial charge is 0.330 e. The molecule has 2 aromatic rings. The van der Waals surface area contributed by atoms with E-state index in [1.54, 1.807) is 23.7 Å². The molecule has 0 spiro atoms. The molecule has 6 nitrogen and oxygen atoms in total. The quantitative estimate of drug-likeness (QED) is 0.537. The molecule has 2 heterocycles. The number of rotatable bonds is 7. The van der Waals surface area contributed by atoms with Gasteiger partial charge in [-0.05, 0) is 49.6 Å². The number of aryl methyl sites for hydroxylation is 2. The van der Waals surface area contributed by atoms with Crippen molar-refractivity contribution in [2.45, 2.75) is 52.5 Å². The van der Waals surface area contributed by atoms with Crippen molar-refractivity contribution in [3.05, 3.63) is 71.5 Å². The van der Waals surface area contributed by atoms with Crippen molar-refractivity contribution in [3.63, 3.8) is 0 Å². The number of quaternary nitrogens is 1. The fourth-order valence-corrected chi connectivity index (χ4v) is 4.77. The molecule has 7 heteroatoms. The number of nitrogens with zero attached hydrogens (tertiary/aromatic N) is 5. The Morgan fingerprint density at radius 1 is 1.17 bits per heavy atom. The first kappa shape index (κ1) is 25.0. The van der Waals surface area contributed by atoms with Crippen molar-refractivity contribution < 1.29 is 13.7 Å². The molecule has 1 amide bonds. The van der Waals surface area contributed by atoms with E-state index in [0.717, 1.165) is 74.2 Å². The van der Waals surface area contributed by atoms with Gasteiger partial charge in [0.2, 0.25) is 5.91 Å². The van der Waals surface area contributed by atoms with Crippen LogP contribution in [-0.2, 0) is 17.8 Å². The predicted octanol–water partition coefficient (Wildman–Crippen LogP) is 4.81. The van der Waals surface area contributed by atoms with E-state index >= 15 is 0 Å². The smallest absolute Gasteiger partial charge is 0.244 e. The fourth-order valence-electron chi connectivity index (χ4n) is 4.77. The zero-order chi connectivity index (χ0) is 24.8. The Balaban J connectivity index is 1.45. The molecule has 186 valence electrons. The molecule has 1 fully saturated rings. The first-order valence-electron chi connectivity index (χ1n) is 12.7. The summed E-state index contributed by atoms with van der Waals surface area (Å²) >= 11 is 0. The summed E-state index contributed by atoms with van der Waals surface area (Å²) in [6, 6.07) is 4.91. The number of allylic oxidation sites excluding steroid dienone is 6. The number of carbonyl (C=O) groups excluding carboxylic acids is 1. The predicted molar refractivity (Wildman–Crippen MR) is 137 cm³/mol. The van der Waals surface area contributed by atoms with E-state index < -0.39 is 0 Å². The van der Waals surface area contributed by atoms with Gasteiger partial charge in [0.25, 0.3) is 0 Å². The van der Waals surface area contributed by atoms with Gasteiger partial charge in [-0.1, -0.05) is 37.6 Å². The average Bonchev–Trinajstić information content (AvgIpc) is 3.22. The van der Waals surface area contributed by atoms with Gasteiger partial charge in [0, 0.05) is 18.4 Å². The SMILES string of the molecule is CCCCc1nc(-c2ccc(F)c(C)c2)nn1CC(=O)N1CC[N+](C)(C2=CC=CC=CCC2)CC1. The molecule has 1 aromatic carbocycles. The molecule has 1 aliphatic carbocycles. The Kier molecular flexibility index (Phi) is 7.96. The van der Waals surface area contributed by atoms with Crippen LogP contribution >= 0.6 is 0 Å². The molecule has 0 radical (unpaired) electrons. The van der Waals surface area contributed by atoms with E-state index in [0.29, 0.717) is 11.4 Å². The Labute approximate surface area is 208 Å². The van der Waals surface area contributed by atoms with E-state index in [1.807, 2.05) is 4.90 Å². The van der Waals surface area contributed by atoms with Gasteiger partial charge in [0.1, 0.15) is 37.0 Å². The highest BCUT2D eigenvalue weighted by Gasteiger charge is 2.34. The van der Waals surface area contributed by atoms with Crippen LogP contribution in [0, 0.1) is 12.7 Å². The lowest BCUT2D eigenvalue weighted by Gasteiger charge is -2.43. The number of piperazine rings is 1. The van der Waals surface area contributed by atoms with Gasteiger partial charge in [0.15, 0.2) is 5.82 Å². The van der Waals surface area contributed by atoms with Crippen molar-refractivity contribution in [2.75, 3.05) is 33.2 Å². The van der Waals surface area contributed by atoms with Gasteiger partial charge in [-0.15, -0.1) is 0 Å². The van der Waals surface area contributed by atoms with E-state index in [1.165, 1.54) is 11.8 Å². The minimum Gasteiger partial charge on any atom is -0.330 e. The lowest BCUT2D eigenvalue weighted by atomic mass is 10.1. The van der Waals surface area contributed by atoms with E-state index in [4.69, 9.17) is 4.98 Å². The van der Waals surface area contributed by atoms with Crippen LogP contribution in [0.1, 0.15) is 44.0 Å². The van der Waals surface area contributed by atoms with Crippen molar-refractivity contribution in [3.8, 4) is 11.4 Å². The van der Waals surface area contributed by atoms with Crippen LogP contribution in [0.25, 0.3) is 11.4 Å². The maximum Gasteiger partial charge on any atom is 0.244 e. The van der Waals surface area contributed by atoms with Crippen molar-refractivity contribution >= 4 is 5.91 Å². The minimum absolute atomic E-state index is 0.0789. The molecule has 0 unspecified atom stereocenters. The number of carbonyl (C=O) groups is 1. The normalized spacial score (nSPS) is 17.7. The Morgan fingerprint density at radius 3 is 2.71 bits per heavy atom. The highest BCUT2D eigenvalue weighted by Crippen LogP contribution is 2.25. The number of halogens is 1. The molecule has 0 N–H and O–H groups in total. The van der Waals surface area contributed by atoms with Gasteiger partial charge in [-0.3, -0.25) is 9.28 Å². The minimum atomic E-state index is -0.243. The Bertz CT molecular complexity index is 1140. The lowest BCUT2D eigenvalue weighted by Crippen LogP contribution is -2.58. The van der Waals surface area contributed by atoms with Crippen LogP contribution < -0.4 is 0 Å². The topological polar surface area (TPSA) is 51.0 Å². The molecule has 0 atom stereocenters. The lowest BCUT2D eigenvalue weighted by molar-refractivity contribution is -0.878. The fraction of sp³-hybridized carbons (Fsp3) is 0.464. The van der Waals surface area contributed by atoms with E-state index in [-0.39, 0.29) is 18.3 Å². The third kappa shape index (κ3) is 5.96. The molecule has 0 bridgehead atoms. The third-order valence-electron chi connectivity index (χ3n) is 7.19. The second-order valence-corrected chi connectivity index (χ2v) is 9.81. The summed E-state index contributed by atoms with van der Waals surface area (Å²) in [6.45, 7) is 7.34. The molecule has 0 saturated carbocycles. The third-order valence-corrected chi connectivity index (χ3v) is 7.19.